The first kappa shape index (κ1) is 14.7. The van der Waals surface area contributed by atoms with Crippen molar-refractivity contribution in [2.45, 2.75) is 6.42 Å². The van der Waals surface area contributed by atoms with E-state index in [0.29, 0.717) is 6.07 Å². The summed E-state index contributed by atoms with van der Waals surface area (Å²) >= 11 is 0. The summed E-state index contributed by atoms with van der Waals surface area (Å²) in [6.07, 6.45) is 0.228. The largest absolute Gasteiger partial charge is 0.322 e. The lowest BCUT2D eigenvalue weighted by atomic mass is 10.00. The number of rotatable bonds is 4. The number of nitrogens with one attached hydrogen (secondary N) is 1. The summed E-state index contributed by atoms with van der Waals surface area (Å²) < 4.78 is 26.3. The molecule has 0 spiro atoms. The summed E-state index contributed by atoms with van der Waals surface area (Å²) in [6, 6.07) is 13.8. The van der Waals surface area contributed by atoms with E-state index in [1.165, 1.54) is 0 Å². The van der Waals surface area contributed by atoms with Crippen molar-refractivity contribution >= 4 is 11.6 Å². The molecule has 0 fully saturated rings. The van der Waals surface area contributed by atoms with Crippen molar-refractivity contribution in [3.8, 4) is 6.07 Å². The molecule has 0 aliphatic heterocycles. The number of anilines is 1. The van der Waals surface area contributed by atoms with Crippen LogP contribution in [0, 0.1) is 28.9 Å². The van der Waals surface area contributed by atoms with Gasteiger partial charge in [-0.1, -0.05) is 30.3 Å². The molecule has 1 amide bonds. The van der Waals surface area contributed by atoms with Crippen LogP contribution in [0.3, 0.4) is 0 Å². The summed E-state index contributed by atoms with van der Waals surface area (Å²) in [5.41, 5.74) is 0.688. The molecule has 1 atom stereocenters. The van der Waals surface area contributed by atoms with Gasteiger partial charge in [0.1, 0.15) is 17.6 Å². The highest BCUT2D eigenvalue weighted by Gasteiger charge is 2.19. The van der Waals surface area contributed by atoms with Gasteiger partial charge in [-0.05, 0) is 24.1 Å². The Hall–Kier alpha value is -2.74. The molecule has 1 N–H and O–H groups in total. The van der Waals surface area contributed by atoms with Gasteiger partial charge in [-0.15, -0.1) is 0 Å². The van der Waals surface area contributed by atoms with Crippen LogP contribution >= 0.6 is 0 Å². The van der Waals surface area contributed by atoms with Crippen molar-refractivity contribution < 1.29 is 13.6 Å². The third-order valence-corrected chi connectivity index (χ3v) is 2.94. The predicted octanol–water partition coefficient (Wildman–Crippen LogP) is 3.29. The van der Waals surface area contributed by atoms with E-state index in [0.717, 1.165) is 17.7 Å². The summed E-state index contributed by atoms with van der Waals surface area (Å²) in [5.74, 6) is -3.17. The zero-order valence-electron chi connectivity index (χ0n) is 11.0. The van der Waals surface area contributed by atoms with E-state index in [1.807, 2.05) is 12.1 Å². The third kappa shape index (κ3) is 3.86. The zero-order valence-corrected chi connectivity index (χ0v) is 11.0. The minimum absolute atomic E-state index is 0.144. The number of benzene rings is 2. The van der Waals surface area contributed by atoms with Crippen LogP contribution < -0.4 is 5.32 Å². The van der Waals surface area contributed by atoms with E-state index in [4.69, 9.17) is 5.26 Å². The van der Waals surface area contributed by atoms with Gasteiger partial charge in [-0.3, -0.25) is 4.79 Å². The second-order valence-electron chi connectivity index (χ2n) is 4.48. The fraction of sp³-hybridized carbons (Fsp3) is 0.125. The van der Waals surface area contributed by atoms with Gasteiger partial charge in [0.15, 0.2) is 0 Å². The van der Waals surface area contributed by atoms with Crippen LogP contribution in [0.1, 0.15) is 5.56 Å². The highest BCUT2D eigenvalue weighted by atomic mass is 19.1. The molecular weight excluding hydrogens is 274 g/mol. The summed E-state index contributed by atoms with van der Waals surface area (Å²) in [7, 11) is 0. The molecule has 0 saturated heterocycles. The van der Waals surface area contributed by atoms with Crippen LogP contribution in [0.25, 0.3) is 0 Å². The van der Waals surface area contributed by atoms with Gasteiger partial charge in [0.05, 0.1) is 11.8 Å². The highest BCUT2D eigenvalue weighted by Crippen LogP contribution is 2.17. The minimum Gasteiger partial charge on any atom is -0.322 e. The molecule has 0 heterocycles. The fourth-order valence-corrected chi connectivity index (χ4v) is 1.86. The van der Waals surface area contributed by atoms with Gasteiger partial charge in [0, 0.05) is 6.07 Å². The molecule has 2 aromatic rings. The molecule has 106 valence electrons. The first-order chi connectivity index (χ1) is 10.1. The Bertz CT molecular complexity index is 680. The summed E-state index contributed by atoms with van der Waals surface area (Å²) in [6.45, 7) is 0. The average Bonchev–Trinajstić information content (AvgIpc) is 2.48. The molecule has 3 nitrogen and oxygen atoms in total. The quantitative estimate of drug-likeness (QED) is 0.937. The Morgan fingerprint density at radius 3 is 2.52 bits per heavy atom. The number of amides is 1. The fourth-order valence-electron chi connectivity index (χ4n) is 1.86. The molecule has 1 unspecified atom stereocenters. The number of carbonyl (C=O) groups excluding carboxylic acids is 1. The van der Waals surface area contributed by atoms with Crippen molar-refractivity contribution in [3.05, 3.63) is 65.7 Å². The molecule has 0 saturated carbocycles. The molecular formula is C16H12F2N2O. The van der Waals surface area contributed by atoms with Crippen LogP contribution in [0.5, 0.6) is 0 Å². The van der Waals surface area contributed by atoms with Gasteiger partial charge < -0.3 is 5.32 Å². The van der Waals surface area contributed by atoms with Crippen LogP contribution in [0.4, 0.5) is 14.5 Å². The van der Waals surface area contributed by atoms with Gasteiger partial charge in [-0.25, -0.2) is 8.78 Å². The van der Waals surface area contributed by atoms with Crippen molar-refractivity contribution in [2.75, 3.05) is 5.32 Å². The van der Waals surface area contributed by atoms with Crippen LogP contribution in [0.2, 0.25) is 0 Å². The standard InChI is InChI=1S/C16H12F2N2O/c17-13-6-7-15(14(18)9-13)20-16(21)12(10-19)8-11-4-2-1-3-5-11/h1-7,9,12H,8H2,(H,20,21). The lowest BCUT2D eigenvalue weighted by molar-refractivity contribution is -0.118. The van der Waals surface area contributed by atoms with Crippen molar-refractivity contribution in [1.29, 1.82) is 5.26 Å². The van der Waals surface area contributed by atoms with Crippen molar-refractivity contribution in [1.82, 2.24) is 0 Å². The number of nitriles is 1. The molecule has 0 bridgehead atoms. The smallest absolute Gasteiger partial charge is 0.242 e. The Labute approximate surface area is 120 Å². The molecule has 2 rings (SSSR count). The molecule has 0 aliphatic rings. The maximum atomic E-state index is 13.5. The predicted molar refractivity (Wildman–Crippen MR) is 74.2 cm³/mol. The van der Waals surface area contributed by atoms with E-state index in [1.54, 1.807) is 24.3 Å². The maximum Gasteiger partial charge on any atom is 0.242 e. The molecule has 2 aromatic carbocycles. The Balaban J connectivity index is 2.09. The molecule has 5 heteroatoms. The van der Waals surface area contributed by atoms with E-state index < -0.39 is 23.5 Å². The summed E-state index contributed by atoms with van der Waals surface area (Å²) in [4.78, 5) is 12.0. The first-order valence-electron chi connectivity index (χ1n) is 6.29. The second kappa shape index (κ2) is 6.62. The van der Waals surface area contributed by atoms with Crippen LogP contribution in [-0.4, -0.2) is 5.91 Å². The average molecular weight is 286 g/mol. The van der Waals surface area contributed by atoms with Crippen molar-refractivity contribution in [2.24, 2.45) is 5.92 Å². The highest BCUT2D eigenvalue weighted by molar-refractivity contribution is 5.94. The number of hydrogen-bond donors (Lipinski definition) is 1. The lowest BCUT2D eigenvalue weighted by Crippen LogP contribution is -2.24. The number of hydrogen-bond acceptors (Lipinski definition) is 2. The van der Waals surface area contributed by atoms with Gasteiger partial charge in [0.2, 0.25) is 5.91 Å². The molecule has 0 radical (unpaired) electrons. The maximum absolute atomic E-state index is 13.5. The lowest BCUT2D eigenvalue weighted by Gasteiger charge is -2.11. The van der Waals surface area contributed by atoms with E-state index in [2.05, 4.69) is 5.32 Å². The van der Waals surface area contributed by atoms with Crippen molar-refractivity contribution in [3.63, 3.8) is 0 Å². The van der Waals surface area contributed by atoms with E-state index in [9.17, 15) is 13.6 Å². The first-order valence-corrected chi connectivity index (χ1v) is 6.29. The topological polar surface area (TPSA) is 52.9 Å². The third-order valence-electron chi connectivity index (χ3n) is 2.94. The molecule has 21 heavy (non-hydrogen) atoms. The molecule has 0 aliphatic carbocycles. The number of carbonyl (C=O) groups is 1. The van der Waals surface area contributed by atoms with E-state index >= 15 is 0 Å². The minimum atomic E-state index is -0.947. The normalized spacial score (nSPS) is 11.5. The Morgan fingerprint density at radius 2 is 1.90 bits per heavy atom. The number of nitrogens with zero attached hydrogens (tertiary/aromatic N) is 1. The van der Waals surface area contributed by atoms with Gasteiger partial charge >= 0.3 is 0 Å². The SMILES string of the molecule is N#CC(Cc1ccccc1)C(=O)Nc1ccc(F)cc1F. The monoisotopic (exact) mass is 286 g/mol. The number of halogens is 2. The zero-order chi connectivity index (χ0) is 15.2. The Morgan fingerprint density at radius 1 is 1.19 bits per heavy atom. The van der Waals surface area contributed by atoms with Gasteiger partial charge in [-0.2, -0.15) is 5.26 Å². The molecule has 0 aromatic heterocycles. The Kier molecular flexibility index (Phi) is 4.62. The van der Waals surface area contributed by atoms with Crippen LogP contribution in [-0.2, 0) is 11.2 Å². The van der Waals surface area contributed by atoms with E-state index in [-0.39, 0.29) is 12.1 Å². The van der Waals surface area contributed by atoms with Crippen LogP contribution in [0.15, 0.2) is 48.5 Å². The van der Waals surface area contributed by atoms with Gasteiger partial charge in [0.25, 0.3) is 0 Å². The summed E-state index contributed by atoms with van der Waals surface area (Å²) in [5, 5.41) is 11.4. The second-order valence-corrected chi connectivity index (χ2v) is 4.48.